The highest BCUT2D eigenvalue weighted by Gasteiger charge is 2.41. The molecule has 1 aliphatic rings. The Morgan fingerprint density at radius 2 is 1.85 bits per heavy atom. The van der Waals surface area contributed by atoms with Gasteiger partial charge in [-0.25, -0.2) is 0 Å². The van der Waals surface area contributed by atoms with Crippen molar-refractivity contribution in [3.05, 3.63) is 65.7 Å². The van der Waals surface area contributed by atoms with Gasteiger partial charge in [-0.3, -0.25) is 0 Å². The van der Waals surface area contributed by atoms with Gasteiger partial charge in [-0.05, 0) is 31.0 Å². The zero-order chi connectivity index (χ0) is 17.7. The highest BCUT2D eigenvalue weighted by atomic mass is 35.5. The Kier molecular flexibility index (Phi) is 7.47. The van der Waals surface area contributed by atoms with Crippen LogP contribution in [0.1, 0.15) is 25.0 Å². The number of halogens is 1. The van der Waals surface area contributed by atoms with Crippen LogP contribution in [-0.2, 0) is 16.8 Å². The molecule has 1 fully saturated rings. The average molecular weight is 378 g/mol. The smallest absolute Gasteiger partial charge is 0.122 e. The molecule has 0 radical (unpaired) electrons. The molecule has 2 atom stereocenters. The number of para-hydroxylation sites is 1. The molecule has 0 spiro atoms. The molecule has 0 saturated carbocycles. The number of benzene rings is 2. The van der Waals surface area contributed by atoms with Gasteiger partial charge in [-0.2, -0.15) is 0 Å². The van der Waals surface area contributed by atoms with Gasteiger partial charge in [0.1, 0.15) is 17.5 Å². The summed E-state index contributed by atoms with van der Waals surface area (Å²) in [4.78, 5) is 0. The molecule has 0 aliphatic carbocycles. The molecule has 142 valence electrons. The van der Waals surface area contributed by atoms with Gasteiger partial charge in [0.25, 0.3) is 0 Å². The second-order valence-electron chi connectivity index (χ2n) is 6.80. The van der Waals surface area contributed by atoms with E-state index in [0.29, 0.717) is 19.6 Å². The summed E-state index contributed by atoms with van der Waals surface area (Å²) in [5.74, 6) is 0.815. The maximum atomic E-state index is 11.7. The molecular formula is C21H28ClNO3. The van der Waals surface area contributed by atoms with Crippen LogP contribution in [0.4, 0.5) is 0 Å². The van der Waals surface area contributed by atoms with Crippen LogP contribution in [0.5, 0.6) is 5.75 Å². The zero-order valence-corrected chi connectivity index (χ0v) is 16.2. The van der Waals surface area contributed by atoms with Crippen molar-refractivity contribution < 1.29 is 14.6 Å². The van der Waals surface area contributed by atoms with Crippen molar-refractivity contribution in [3.8, 4) is 5.75 Å². The quantitative estimate of drug-likeness (QED) is 0.810. The molecule has 1 saturated heterocycles. The van der Waals surface area contributed by atoms with Gasteiger partial charge in [0.05, 0.1) is 12.7 Å². The lowest BCUT2D eigenvalue weighted by atomic mass is 9.81. The van der Waals surface area contributed by atoms with Gasteiger partial charge in [0, 0.05) is 19.5 Å². The maximum absolute atomic E-state index is 11.7. The van der Waals surface area contributed by atoms with Crippen LogP contribution in [0.25, 0.3) is 0 Å². The van der Waals surface area contributed by atoms with Crippen molar-refractivity contribution in [2.75, 3.05) is 19.7 Å². The number of hydrogen-bond donors (Lipinski definition) is 2. The number of morpholine rings is 1. The Balaban J connectivity index is 0.00000243. The maximum Gasteiger partial charge on any atom is 0.122 e. The Bertz CT molecular complexity index is 674. The minimum absolute atomic E-state index is 0. The first kappa shape index (κ1) is 20.7. The van der Waals surface area contributed by atoms with E-state index in [9.17, 15) is 5.11 Å². The second-order valence-corrected chi connectivity index (χ2v) is 6.80. The molecule has 3 rings (SSSR count). The lowest BCUT2D eigenvalue weighted by Gasteiger charge is -2.39. The Morgan fingerprint density at radius 1 is 1.15 bits per heavy atom. The van der Waals surface area contributed by atoms with Crippen molar-refractivity contribution >= 4 is 12.4 Å². The Labute approximate surface area is 161 Å². The van der Waals surface area contributed by atoms with Crippen LogP contribution in [0.3, 0.4) is 0 Å². The number of rotatable bonds is 6. The molecule has 5 heteroatoms. The van der Waals surface area contributed by atoms with Crippen LogP contribution in [0, 0.1) is 0 Å². The number of ether oxygens (including phenoxy) is 2. The van der Waals surface area contributed by atoms with Gasteiger partial charge in [-0.15, -0.1) is 12.4 Å². The molecular weight excluding hydrogens is 350 g/mol. The third kappa shape index (κ3) is 4.77. The number of hydrogen-bond acceptors (Lipinski definition) is 4. The summed E-state index contributed by atoms with van der Waals surface area (Å²) in [6.45, 7) is 6.06. The third-order valence-corrected chi connectivity index (χ3v) is 4.53. The molecule has 2 N–H and O–H groups in total. The van der Waals surface area contributed by atoms with E-state index in [1.807, 2.05) is 68.4 Å². The van der Waals surface area contributed by atoms with Crippen molar-refractivity contribution in [2.45, 2.75) is 38.1 Å². The fourth-order valence-corrected chi connectivity index (χ4v) is 3.31. The molecule has 26 heavy (non-hydrogen) atoms. The van der Waals surface area contributed by atoms with E-state index >= 15 is 0 Å². The molecule has 0 amide bonds. The first-order valence-corrected chi connectivity index (χ1v) is 8.94. The van der Waals surface area contributed by atoms with Crippen LogP contribution in [0.2, 0.25) is 0 Å². The predicted octanol–water partition coefficient (Wildman–Crippen LogP) is 3.31. The molecule has 2 aromatic carbocycles. The van der Waals surface area contributed by atoms with Crippen LogP contribution in [0.15, 0.2) is 54.6 Å². The summed E-state index contributed by atoms with van der Waals surface area (Å²) >= 11 is 0. The van der Waals surface area contributed by atoms with E-state index in [4.69, 9.17) is 9.47 Å². The highest BCUT2D eigenvalue weighted by molar-refractivity contribution is 5.85. The van der Waals surface area contributed by atoms with Crippen molar-refractivity contribution in [2.24, 2.45) is 0 Å². The first-order valence-electron chi connectivity index (χ1n) is 8.94. The minimum atomic E-state index is -1.12. The standard InChI is InChI=1S/C21H27NO3.ClH/c1-16(2)25-19-11-7-6-8-17(19)14-21(23,18-9-4-3-5-10-18)20-15-22-12-13-24-20;/h3-11,16,20,22-23H,12-15H2,1-2H3;1H. The topological polar surface area (TPSA) is 50.7 Å². The van der Waals surface area contributed by atoms with E-state index < -0.39 is 5.60 Å². The van der Waals surface area contributed by atoms with Gasteiger partial charge >= 0.3 is 0 Å². The lowest BCUT2D eigenvalue weighted by Crippen LogP contribution is -2.52. The minimum Gasteiger partial charge on any atom is -0.491 e. The summed E-state index contributed by atoms with van der Waals surface area (Å²) in [5.41, 5.74) is 0.727. The van der Waals surface area contributed by atoms with Crippen LogP contribution in [-0.4, -0.2) is 37.0 Å². The second kappa shape index (κ2) is 9.38. The molecule has 4 nitrogen and oxygen atoms in total. The van der Waals surface area contributed by atoms with Crippen molar-refractivity contribution in [3.63, 3.8) is 0 Å². The monoisotopic (exact) mass is 377 g/mol. The summed E-state index contributed by atoms with van der Waals surface area (Å²) in [6.07, 6.45) is 0.209. The van der Waals surface area contributed by atoms with E-state index in [2.05, 4.69) is 5.32 Å². The van der Waals surface area contributed by atoms with Crippen LogP contribution >= 0.6 is 12.4 Å². The fraction of sp³-hybridized carbons (Fsp3) is 0.429. The Hall–Kier alpha value is -1.59. The van der Waals surface area contributed by atoms with Gasteiger partial charge < -0.3 is 19.9 Å². The fourth-order valence-electron chi connectivity index (χ4n) is 3.31. The van der Waals surface area contributed by atoms with Crippen molar-refractivity contribution in [1.29, 1.82) is 0 Å². The van der Waals surface area contributed by atoms with E-state index in [1.54, 1.807) is 0 Å². The summed E-state index contributed by atoms with van der Waals surface area (Å²) < 4.78 is 11.9. The zero-order valence-electron chi connectivity index (χ0n) is 15.4. The van der Waals surface area contributed by atoms with Gasteiger partial charge in [0.15, 0.2) is 0 Å². The highest BCUT2D eigenvalue weighted by Crippen LogP contribution is 2.35. The number of nitrogens with one attached hydrogen (secondary N) is 1. The molecule has 2 unspecified atom stereocenters. The summed E-state index contributed by atoms with van der Waals surface area (Å²) in [7, 11) is 0. The normalized spacial score (nSPS) is 19.5. The van der Waals surface area contributed by atoms with E-state index in [0.717, 1.165) is 23.4 Å². The molecule has 2 aromatic rings. The summed E-state index contributed by atoms with van der Waals surface area (Å²) in [6, 6.07) is 17.7. The van der Waals surface area contributed by atoms with Crippen LogP contribution < -0.4 is 10.1 Å². The van der Waals surface area contributed by atoms with Crippen molar-refractivity contribution in [1.82, 2.24) is 5.32 Å². The average Bonchev–Trinajstić information content (AvgIpc) is 2.64. The molecule has 0 bridgehead atoms. The predicted molar refractivity (Wildman–Crippen MR) is 106 cm³/mol. The largest absolute Gasteiger partial charge is 0.491 e. The van der Waals surface area contributed by atoms with E-state index in [-0.39, 0.29) is 24.6 Å². The molecule has 1 aliphatic heterocycles. The number of aliphatic hydroxyl groups is 1. The first-order chi connectivity index (χ1) is 12.1. The molecule has 0 aromatic heterocycles. The van der Waals surface area contributed by atoms with E-state index in [1.165, 1.54) is 0 Å². The Morgan fingerprint density at radius 3 is 2.50 bits per heavy atom. The van der Waals surface area contributed by atoms with Gasteiger partial charge in [0.2, 0.25) is 0 Å². The third-order valence-electron chi connectivity index (χ3n) is 4.53. The SMILES string of the molecule is CC(C)Oc1ccccc1CC(O)(c1ccccc1)C1CNCCO1.Cl. The van der Waals surface area contributed by atoms with Gasteiger partial charge in [-0.1, -0.05) is 48.5 Å². The lowest BCUT2D eigenvalue weighted by molar-refractivity contribution is -0.124. The summed E-state index contributed by atoms with van der Waals surface area (Å²) in [5, 5.41) is 15.0. The molecule has 1 heterocycles.